The van der Waals surface area contributed by atoms with E-state index in [1.165, 1.54) is 0 Å². The molecule has 2 N–H and O–H groups in total. The molecule has 0 radical (unpaired) electrons. The van der Waals surface area contributed by atoms with Gasteiger partial charge in [-0.25, -0.2) is 0 Å². The number of carbonyl (C=O) groups excluding carboxylic acids is 1. The van der Waals surface area contributed by atoms with Crippen LogP contribution in [0.1, 0.15) is 17.4 Å². The Bertz CT molecular complexity index is 447. The first kappa shape index (κ1) is 11.4. The first-order valence-electron chi connectivity index (χ1n) is 5.64. The fraction of sp³-hybridized carbons (Fsp3) is 0.333. The quantitative estimate of drug-likeness (QED) is 0.815. The predicted molar refractivity (Wildman–Crippen MR) is 64.5 cm³/mol. The van der Waals surface area contributed by atoms with Crippen LogP contribution >= 0.6 is 0 Å². The molecular weight excluding hydrogens is 216 g/mol. The summed E-state index contributed by atoms with van der Waals surface area (Å²) in [7, 11) is 0. The van der Waals surface area contributed by atoms with E-state index < -0.39 is 0 Å². The maximum Gasteiger partial charge on any atom is 0.267 e. The molecule has 5 heteroatoms. The van der Waals surface area contributed by atoms with Crippen molar-refractivity contribution in [2.24, 2.45) is 5.92 Å². The van der Waals surface area contributed by atoms with Crippen molar-refractivity contribution < 1.29 is 4.79 Å². The molecule has 0 fully saturated rings. The smallest absolute Gasteiger partial charge is 0.267 e. The third-order valence-corrected chi connectivity index (χ3v) is 2.51. The van der Waals surface area contributed by atoms with Crippen LogP contribution < -0.4 is 5.32 Å². The van der Waals surface area contributed by atoms with E-state index in [-0.39, 0.29) is 5.91 Å². The third-order valence-electron chi connectivity index (χ3n) is 2.51. The van der Waals surface area contributed by atoms with E-state index in [9.17, 15) is 4.79 Å². The normalized spacial score (nSPS) is 12.3. The maximum atomic E-state index is 11.6. The summed E-state index contributed by atoms with van der Waals surface area (Å²) in [6.07, 6.45) is 5.41. The van der Waals surface area contributed by atoms with Crippen LogP contribution in [0.5, 0.6) is 0 Å². The summed E-state index contributed by atoms with van der Waals surface area (Å²) in [5.41, 5.74) is 0.594. The Morgan fingerprint density at radius 1 is 1.59 bits per heavy atom. The zero-order valence-electron chi connectivity index (χ0n) is 9.76. The molecule has 90 valence electrons. The lowest BCUT2D eigenvalue weighted by Crippen LogP contribution is -2.30. The van der Waals surface area contributed by atoms with E-state index in [2.05, 4.69) is 22.3 Å². The molecule has 0 aromatic carbocycles. The molecule has 1 atom stereocenters. The lowest BCUT2D eigenvalue weighted by atomic mass is 10.2. The van der Waals surface area contributed by atoms with Crippen LogP contribution in [0.2, 0.25) is 0 Å². The van der Waals surface area contributed by atoms with E-state index in [1.807, 2.05) is 23.0 Å². The summed E-state index contributed by atoms with van der Waals surface area (Å²) in [6, 6.07) is 5.46. The van der Waals surface area contributed by atoms with Gasteiger partial charge in [0.2, 0.25) is 0 Å². The molecule has 0 spiro atoms. The van der Waals surface area contributed by atoms with Gasteiger partial charge in [0.25, 0.3) is 5.91 Å². The van der Waals surface area contributed by atoms with Gasteiger partial charge in [-0.2, -0.15) is 5.10 Å². The van der Waals surface area contributed by atoms with Crippen LogP contribution in [0, 0.1) is 5.92 Å². The van der Waals surface area contributed by atoms with E-state index in [0.717, 1.165) is 6.54 Å². The fourth-order valence-corrected chi connectivity index (χ4v) is 1.63. The molecule has 1 amide bonds. The van der Waals surface area contributed by atoms with Crippen molar-refractivity contribution in [3.05, 3.63) is 42.5 Å². The lowest BCUT2D eigenvalue weighted by Gasteiger charge is -2.12. The third kappa shape index (κ3) is 3.21. The highest BCUT2D eigenvalue weighted by molar-refractivity contribution is 5.92. The topological polar surface area (TPSA) is 62.7 Å². The number of aromatic amines is 1. The Labute approximate surface area is 99.8 Å². The van der Waals surface area contributed by atoms with Gasteiger partial charge < -0.3 is 10.3 Å². The van der Waals surface area contributed by atoms with Crippen molar-refractivity contribution in [3.63, 3.8) is 0 Å². The Morgan fingerprint density at radius 3 is 3.12 bits per heavy atom. The van der Waals surface area contributed by atoms with Gasteiger partial charge in [0.05, 0.1) is 0 Å². The summed E-state index contributed by atoms with van der Waals surface area (Å²) in [4.78, 5) is 14.5. The number of H-pyrrole nitrogens is 1. The Morgan fingerprint density at radius 2 is 2.47 bits per heavy atom. The van der Waals surface area contributed by atoms with Gasteiger partial charge in [0, 0.05) is 31.7 Å². The second-order valence-corrected chi connectivity index (χ2v) is 4.13. The molecule has 0 unspecified atom stereocenters. The lowest BCUT2D eigenvalue weighted by molar-refractivity contribution is 0.0942. The molecule has 0 aliphatic carbocycles. The van der Waals surface area contributed by atoms with Crippen molar-refractivity contribution in [3.8, 4) is 0 Å². The van der Waals surface area contributed by atoms with Crippen LogP contribution in [0.3, 0.4) is 0 Å². The van der Waals surface area contributed by atoms with Gasteiger partial charge >= 0.3 is 0 Å². The number of hydrogen-bond donors (Lipinski definition) is 2. The van der Waals surface area contributed by atoms with Crippen molar-refractivity contribution in [1.82, 2.24) is 20.1 Å². The van der Waals surface area contributed by atoms with Crippen LogP contribution in [-0.2, 0) is 6.54 Å². The first-order valence-corrected chi connectivity index (χ1v) is 5.64. The van der Waals surface area contributed by atoms with Crippen LogP contribution in [-0.4, -0.2) is 27.2 Å². The first-order chi connectivity index (χ1) is 8.25. The van der Waals surface area contributed by atoms with Gasteiger partial charge in [-0.15, -0.1) is 0 Å². The summed E-state index contributed by atoms with van der Waals surface area (Å²) in [6.45, 7) is 3.52. The second-order valence-electron chi connectivity index (χ2n) is 4.13. The molecule has 0 saturated carbocycles. The Balaban J connectivity index is 1.76. The van der Waals surface area contributed by atoms with E-state index in [4.69, 9.17) is 0 Å². The number of aromatic nitrogens is 3. The van der Waals surface area contributed by atoms with Gasteiger partial charge in [0.15, 0.2) is 0 Å². The summed E-state index contributed by atoms with van der Waals surface area (Å²) >= 11 is 0. The van der Waals surface area contributed by atoms with Crippen molar-refractivity contribution in [2.45, 2.75) is 13.5 Å². The Hall–Kier alpha value is -2.04. The van der Waals surface area contributed by atoms with Crippen LogP contribution in [0.15, 0.2) is 36.8 Å². The van der Waals surface area contributed by atoms with Crippen molar-refractivity contribution in [1.29, 1.82) is 0 Å². The highest BCUT2D eigenvalue weighted by Crippen LogP contribution is 1.99. The molecule has 2 heterocycles. The Kier molecular flexibility index (Phi) is 3.59. The minimum absolute atomic E-state index is 0.0673. The number of nitrogens with zero attached hydrogens (tertiary/aromatic N) is 2. The monoisotopic (exact) mass is 232 g/mol. The average Bonchev–Trinajstić information content (AvgIpc) is 2.97. The van der Waals surface area contributed by atoms with Crippen molar-refractivity contribution in [2.75, 3.05) is 6.54 Å². The van der Waals surface area contributed by atoms with Crippen LogP contribution in [0.4, 0.5) is 0 Å². The van der Waals surface area contributed by atoms with E-state index in [1.54, 1.807) is 18.5 Å². The average molecular weight is 232 g/mol. The molecule has 17 heavy (non-hydrogen) atoms. The van der Waals surface area contributed by atoms with E-state index >= 15 is 0 Å². The zero-order chi connectivity index (χ0) is 12.1. The fourth-order valence-electron chi connectivity index (χ4n) is 1.63. The molecule has 0 aliphatic heterocycles. The zero-order valence-corrected chi connectivity index (χ0v) is 9.76. The SMILES string of the molecule is C[C@@H](CNC(=O)c1ccc[nH]1)Cn1cccn1. The highest BCUT2D eigenvalue weighted by Gasteiger charge is 2.08. The molecule has 0 aliphatic rings. The molecule has 2 aromatic rings. The molecule has 2 rings (SSSR count). The van der Waals surface area contributed by atoms with Crippen molar-refractivity contribution >= 4 is 5.91 Å². The number of amides is 1. The summed E-state index contributed by atoms with van der Waals surface area (Å²) in [5.74, 6) is 0.274. The largest absolute Gasteiger partial charge is 0.357 e. The summed E-state index contributed by atoms with van der Waals surface area (Å²) < 4.78 is 1.87. The number of carbonyl (C=O) groups is 1. The molecule has 0 bridgehead atoms. The van der Waals surface area contributed by atoms with Gasteiger partial charge in [0.1, 0.15) is 5.69 Å². The van der Waals surface area contributed by atoms with Gasteiger partial charge in [-0.1, -0.05) is 6.92 Å². The standard InChI is InChI=1S/C12H16N4O/c1-10(9-16-7-3-6-15-16)8-14-12(17)11-4-2-5-13-11/h2-7,10,13H,8-9H2,1H3,(H,14,17)/t10-/m0/s1. The molecule has 2 aromatic heterocycles. The number of hydrogen-bond acceptors (Lipinski definition) is 2. The van der Waals surface area contributed by atoms with Crippen LogP contribution in [0.25, 0.3) is 0 Å². The number of rotatable bonds is 5. The molecular formula is C12H16N4O. The highest BCUT2D eigenvalue weighted by atomic mass is 16.1. The maximum absolute atomic E-state index is 11.6. The van der Waals surface area contributed by atoms with Gasteiger partial charge in [-0.3, -0.25) is 9.48 Å². The molecule has 5 nitrogen and oxygen atoms in total. The minimum atomic E-state index is -0.0673. The predicted octanol–water partition coefficient (Wildman–Crippen LogP) is 1.28. The van der Waals surface area contributed by atoms with E-state index in [0.29, 0.717) is 18.2 Å². The number of nitrogens with one attached hydrogen (secondary N) is 2. The van der Waals surface area contributed by atoms with Gasteiger partial charge in [-0.05, 0) is 24.1 Å². The second kappa shape index (κ2) is 5.34. The molecule has 0 saturated heterocycles. The summed E-state index contributed by atoms with van der Waals surface area (Å²) in [5, 5.41) is 7.02. The minimum Gasteiger partial charge on any atom is -0.357 e.